The molecular formula is C10H11FO3. The van der Waals surface area contributed by atoms with Crippen LogP contribution in [-0.4, -0.2) is 18.9 Å². The molecule has 1 aliphatic carbocycles. The summed E-state index contributed by atoms with van der Waals surface area (Å²) in [5, 5.41) is 0. The minimum absolute atomic E-state index is 0.0997. The minimum Gasteiger partial charge on any atom is -0.469 e. The first-order valence-corrected chi connectivity index (χ1v) is 4.25. The summed E-state index contributed by atoms with van der Waals surface area (Å²) in [5.41, 5.74) is 0.636. The lowest BCUT2D eigenvalue weighted by molar-refractivity contribution is -0.143. The van der Waals surface area contributed by atoms with E-state index < -0.39 is 5.97 Å². The smallest absolute Gasteiger partial charge is 0.313 e. The Labute approximate surface area is 81.2 Å². The second kappa shape index (κ2) is 4.69. The average Bonchev–Trinajstić information content (AvgIpc) is 2.50. The number of carbonyl (C=O) groups excluding carboxylic acids is 2. The predicted molar refractivity (Wildman–Crippen MR) is 48.1 cm³/mol. The van der Waals surface area contributed by atoms with Gasteiger partial charge in [0.05, 0.1) is 7.11 Å². The molecule has 0 aliphatic heterocycles. The summed E-state index contributed by atoms with van der Waals surface area (Å²) in [7, 11) is 1.23. The fourth-order valence-electron chi connectivity index (χ4n) is 1.19. The second-order valence-electron chi connectivity index (χ2n) is 3.04. The van der Waals surface area contributed by atoms with Crippen LogP contribution in [0, 0.1) is 0 Å². The molecule has 0 aromatic rings. The van der Waals surface area contributed by atoms with Gasteiger partial charge in [0.2, 0.25) is 0 Å². The number of hydrogen-bond donors (Lipinski definition) is 0. The van der Waals surface area contributed by atoms with Gasteiger partial charge >= 0.3 is 5.97 Å². The number of halogens is 1. The van der Waals surface area contributed by atoms with Gasteiger partial charge in [-0.2, -0.15) is 0 Å². The fraction of sp³-hybridized carbons (Fsp3) is 0.400. The molecule has 0 amide bonds. The maximum atomic E-state index is 12.6. The number of rotatable bonds is 4. The first-order chi connectivity index (χ1) is 6.61. The Bertz CT molecular complexity index is 315. The Hall–Kier alpha value is -1.45. The lowest BCUT2D eigenvalue weighted by Gasteiger charge is -1.98. The van der Waals surface area contributed by atoms with Gasteiger partial charge in [0, 0.05) is 12.8 Å². The number of esters is 1. The summed E-state index contributed by atoms with van der Waals surface area (Å²) < 4.78 is 16.9. The van der Waals surface area contributed by atoms with E-state index in [9.17, 15) is 14.0 Å². The number of hydrogen-bond acceptors (Lipinski definition) is 3. The van der Waals surface area contributed by atoms with E-state index in [1.807, 2.05) is 0 Å². The number of methoxy groups -OCH3 is 1. The predicted octanol–water partition coefficient (Wildman–Crippen LogP) is 1.69. The zero-order valence-electron chi connectivity index (χ0n) is 7.88. The molecule has 76 valence electrons. The topological polar surface area (TPSA) is 43.4 Å². The first-order valence-electron chi connectivity index (χ1n) is 4.25. The monoisotopic (exact) mass is 198 g/mol. The van der Waals surface area contributed by atoms with Crippen LogP contribution in [0.1, 0.15) is 19.3 Å². The van der Waals surface area contributed by atoms with Crippen molar-refractivity contribution in [2.75, 3.05) is 7.11 Å². The van der Waals surface area contributed by atoms with Crippen molar-refractivity contribution in [3.05, 3.63) is 23.6 Å². The highest BCUT2D eigenvalue weighted by Gasteiger charge is 2.13. The largest absolute Gasteiger partial charge is 0.469 e. The number of allylic oxidation sites excluding steroid dienone is 4. The van der Waals surface area contributed by atoms with Crippen LogP contribution in [0.15, 0.2) is 23.6 Å². The number of ether oxygens (including phenoxy) is 1. The van der Waals surface area contributed by atoms with Crippen molar-refractivity contribution >= 4 is 11.8 Å². The summed E-state index contributed by atoms with van der Waals surface area (Å²) in [5.74, 6) is -1.06. The Morgan fingerprint density at radius 3 is 2.79 bits per heavy atom. The molecule has 0 spiro atoms. The van der Waals surface area contributed by atoms with E-state index in [0.29, 0.717) is 5.57 Å². The van der Waals surface area contributed by atoms with Crippen molar-refractivity contribution in [2.24, 2.45) is 0 Å². The van der Waals surface area contributed by atoms with Gasteiger partial charge in [-0.1, -0.05) is 6.08 Å². The highest BCUT2D eigenvalue weighted by molar-refractivity contribution is 5.96. The molecule has 0 radical (unpaired) electrons. The summed E-state index contributed by atoms with van der Waals surface area (Å²) in [6.45, 7) is 0. The quantitative estimate of drug-likeness (QED) is 0.510. The van der Waals surface area contributed by atoms with E-state index in [0.717, 1.165) is 0 Å². The Kier molecular flexibility index (Phi) is 3.56. The molecule has 0 fully saturated rings. The highest BCUT2D eigenvalue weighted by atomic mass is 19.1. The summed E-state index contributed by atoms with van der Waals surface area (Å²) in [6.07, 6.45) is 3.08. The molecule has 4 heteroatoms. The van der Waals surface area contributed by atoms with Crippen LogP contribution in [-0.2, 0) is 14.3 Å². The number of Topliss-reactive ketones (excluding diaryl/α,β-unsaturated/α-hetero) is 1. The third-order valence-electron chi connectivity index (χ3n) is 1.87. The van der Waals surface area contributed by atoms with Crippen molar-refractivity contribution in [3.8, 4) is 0 Å². The van der Waals surface area contributed by atoms with Crippen molar-refractivity contribution in [3.63, 3.8) is 0 Å². The van der Waals surface area contributed by atoms with Crippen LogP contribution in [0.3, 0.4) is 0 Å². The van der Waals surface area contributed by atoms with Crippen LogP contribution in [0.2, 0.25) is 0 Å². The van der Waals surface area contributed by atoms with E-state index in [2.05, 4.69) is 4.74 Å². The van der Waals surface area contributed by atoms with E-state index >= 15 is 0 Å². The van der Waals surface area contributed by atoms with Crippen molar-refractivity contribution in [2.45, 2.75) is 19.3 Å². The van der Waals surface area contributed by atoms with Gasteiger partial charge in [0.25, 0.3) is 0 Å². The van der Waals surface area contributed by atoms with E-state index in [-0.39, 0.29) is 30.9 Å². The maximum absolute atomic E-state index is 12.6. The van der Waals surface area contributed by atoms with Gasteiger partial charge in [-0.3, -0.25) is 9.59 Å². The lowest BCUT2D eigenvalue weighted by atomic mass is 10.1. The van der Waals surface area contributed by atoms with Crippen molar-refractivity contribution in [1.82, 2.24) is 0 Å². The molecule has 3 nitrogen and oxygen atoms in total. The molecule has 0 N–H and O–H groups in total. The maximum Gasteiger partial charge on any atom is 0.313 e. The highest BCUT2D eigenvalue weighted by Crippen LogP contribution is 2.21. The Balaban J connectivity index is 2.38. The first kappa shape index (κ1) is 10.6. The number of ketones is 1. The normalized spacial score (nSPS) is 14.7. The van der Waals surface area contributed by atoms with Gasteiger partial charge in [-0.15, -0.1) is 0 Å². The van der Waals surface area contributed by atoms with Crippen LogP contribution < -0.4 is 0 Å². The molecule has 14 heavy (non-hydrogen) atoms. The van der Waals surface area contributed by atoms with Gasteiger partial charge < -0.3 is 4.74 Å². The van der Waals surface area contributed by atoms with Crippen molar-refractivity contribution < 1.29 is 18.7 Å². The van der Waals surface area contributed by atoms with Gasteiger partial charge in [-0.25, -0.2) is 4.39 Å². The van der Waals surface area contributed by atoms with E-state index in [4.69, 9.17) is 0 Å². The van der Waals surface area contributed by atoms with Gasteiger partial charge in [0.1, 0.15) is 18.0 Å². The van der Waals surface area contributed by atoms with Gasteiger partial charge in [-0.05, 0) is 11.6 Å². The third kappa shape index (κ3) is 3.12. The lowest BCUT2D eigenvalue weighted by Crippen LogP contribution is -2.09. The molecular weight excluding hydrogens is 187 g/mol. The molecule has 0 saturated heterocycles. The molecule has 0 heterocycles. The molecule has 0 saturated carbocycles. The van der Waals surface area contributed by atoms with Gasteiger partial charge in [0.15, 0.2) is 0 Å². The Morgan fingerprint density at radius 2 is 2.29 bits per heavy atom. The summed E-state index contributed by atoms with van der Waals surface area (Å²) in [4.78, 5) is 21.9. The molecule has 0 unspecified atom stereocenters. The van der Waals surface area contributed by atoms with Crippen LogP contribution in [0.5, 0.6) is 0 Å². The zero-order chi connectivity index (χ0) is 10.6. The molecule has 1 rings (SSSR count). The van der Waals surface area contributed by atoms with Crippen LogP contribution in [0.25, 0.3) is 0 Å². The standard InChI is InChI=1S/C10H11FO3/c1-14-10(13)6-9(12)5-7-2-3-8(11)4-7/h2,4H,3,5-6H2,1H3. The zero-order valence-corrected chi connectivity index (χ0v) is 7.88. The minimum atomic E-state index is -0.557. The molecule has 0 bridgehead atoms. The molecule has 0 atom stereocenters. The molecule has 0 aromatic heterocycles. The Morgan fingerprint density at radius 1 is 1.57 bits per heavy atom. The van der Waals surface area contributed by atoms with Crippen LogP contribution in [0.4, 0.5) is 4.39 Å². The third-order valence-corrected chi connectivity index (χ3v) is 1.87. The van der Waals surface area contributed by atoms with E-state index in [1.165, 1.54) is 13.2 Å². The fourth-order valence-corrected chi connectivity index (χ4v) is 1.19. The SMILES string of the molecule is COC(=O)CC(=O)CC1=CCC(F)=C1. The summed E-state index contributed by atoms with van der Waals surface area (Å²) >= 11 is 0. The number of carbonyl (C=O) groups is 2. The van der Waals surface area contributed by atoms with Crippen molar-refractivity contribution in [1.29, 1.82) is 0 Å². The second-order valence-corrected chi connectivity index (χ2v) is 3.04. The summed E-state index contributed by atoms with van der Waals surface area (Å²) in [6, 6.07) is 0. The van der Waals surface area contributed by atoms with Crippen LogP contribution >= 0.6 is 0 Å². The molecule has 1 aliphatic rings. The van der Waals surface area contributed by atoms with E-state index in [1.54, 1.807) is 6.08 Å². The molecule has 0 aromatic carbocycles. The average molecular weight is 198 g/mol.